The van der Waals surface area contributed by atoms with E-state index in [2.05, 4.69) is 10.3 Å². The molecule has 114 valence electrons. The molecule has 1 heterocycles. The van der Waals surface area contributed by atoms with Crippen molar-refractivity contribution < 1.29 is 9.53 Å². The largest absolute Gasteiger partial charge is 0.480 e. The third kappa shape index (κ3) is 3.62. The lowest BCUT2D eigenvalue weighted by atomic mass is 10.2. The van der Waals surface area contributed by atoms with Crippen LogP contribution in [0.5, 0.6) is 5.75 Å². The molecule has 0 spiro atoms. The fraction of sp³-hybridized carbons (Fsp3) is 0.312. The van der Waals surface area contributed by atoms with Gasteiger partial charge in [-0.15, -0.1) is 11.3 Å². The molecule has 0 aliphatic carbocycles. The van der Waals surface area contributed by atoms with Gasteiger partial charge in [0, 0.05) is 4.88 Å². The Balaban J connectivity index is 2.04. The lowest BCUT2D eigenvalue weighted by Crippen LogP contribution is -2.30. The summed E-state index contributed by atoms with van der Waals surface area (Å²) in [6.45, 7) is 5.65. The summed E-state index contributed by atoms with van der Waals surface area (Å²) in [7, 11) is 0. The maximum atomic E-state index is 12.2. The van der Waals surface area contributed by atoms with Crippen molar-refractivity contribution in [2.45, 2.75) is 33.3 Å². The molecular weight excluding hydrogens is 298 g/mol. The molecule has 22 heavy (non-hydrogen) atoms. The van der Waals surface area contributed by atoms with Gasteiger partial charge in [-0.2, -0.15) is 5.26 Å². The highest BCUT2D eigenvalue weighted by Gasteiger charge is 2.18. The Morgan fingerprint density at radius 1 is 1.50 bits per heavy atom. The topological polar surface area (TPSA) is 75.0 Å². The molecule has 1 N–H and O–H groups in total. The van der Waals surface area contributed by atoms with Gasteiger partial charge in [0.15, 0.2) is 11.2 Å². The number of hydrogen-bond donors (Lipinski definition) is 1. The number of rotatable bonds is 5. The van der Waals surface area contributed by atoms with Crippen LogP contribution in [-0.2, 0) is 11.2 Å². The van der Waals surface area contributed by atoms with E-state index in [1.807, 2.05) is 19.9 Å². The summed E-state index contributed by atoms with van der Waals surface area (Å²) >= 11 is 1.45. The van der Waals surface area contributed by atoms with Gasteiger partial charge in [0.25, 0.3) is 5.91 Å². The minimum Gasteiger partial charge on any atom is -0.480 e. The number of aromatic nitrogens is 1. The van der Waals surface area contributed by atoms with Gasteiger partial charge in [-0.3, -0.25) is 10.1 Å². The van der Waals surface area contributed by atoms with Crippen molar-refractivity contribution >= 4 is 22.4 Å². The number of carbonyl (C=O) groups is 1. The van der Waals surface area contributed by atoms with Crippen molar-refractivity contribution in [1.29, 1.82) is 5.26 Å². The molecule has 1 aromatic carbocycles. The number of nitrogens with one attached hydrogen (secondary N) is 1. The average Bonchev–Trinajstić information content (AvgIpc) is 2.87. The molecule has 0 aliphatic rings. The normalized spacial score (nSPS) is 11.5. The van der Waals surface area contributed by atoms with Crippen LogP contribution >= 0.6 is 11.3 Å². The number of amides is 1. The van der Waals surface area contributed by atoms with E-state index in [4.69, 9.17) is 10.00 Å². The number of thiazole rings is 1. The number of aryl methyl sites for hydroxylation is 2. The van der Waals surface area contributed by atoms with Crippen LogP contribution in [0.2, 0.25) is 0 Å². The Kier molecular flexibility index (Phi) is 5.12. The second kappa shape index (κ2) is 7.05. The van der Waals surface area contributed by atoms with Crippen LogP contribution in [0.1, 0.15) is 30.0 Å². The first-order chi connectivity index (χ1) is 10.5. The number of nitriles is 1. The summed E-state index contributed by atoms with van der Waals surface area (Å²) in [4.78, 5) is 17.6. The highest BCUT2D eigenvalue weighted by molar-refractivity contribution is 7.15. The zero-order valence-electron chi connectivity index (χ0n) is 12.7. The summed E-state index contributed by atoms with van der Waals surface area (Å²) in [5.74, 6) is 0.112. The monoisotopic (exact) mass is 315 g/mol. The summed E-state index contributed by atoms with van der Waals surface area (Å²) in [6, 6.07) is 8.88. The minimum atomic E-state index is -0.719. The van der Waals surface area contributed by atoms with Crippen LogP contribution in [0.4, 0.5) is 5.13 Å². The number of anilines is 1. The van der Waals surface area contributed by atoms with E-state index in [0.29, 0.717) is 16.4 Å². The second-order valence-corrected chi connectivity index (χ2v) is 5.94. The Morgan fingerprint density at radius 3 is 2.86 bits per heavy atom. The Bertz CT molecular complexity index is 718. The van der Waals surface area contributed by atoms with E-state index in [9.17, 15) is 4.79 Å². The third-order valence-electron chi connectivity index (χ3n) is 3.14. The van der Waals surface area contributed by atoms with E-state index in [1.54, 1.807) is 31.2 Å². The molecule has 5 nitrogen and oxygen atoms in total. The average molecular weight is 315 g/mol. The Hall–Kier alpha value is -2.39. The molecular formula is C16H17N3O2S. The van der Waals surface area contributed by atoms with Crippen molar-refractivity contribution in [2.75, 3.05) is 5.32 Å². The first kappa shape index (κ1) is 16.0. The first-order valence-electron chi connectivity index (χ1n) is 6.98. The lowest BCUT2D eigenvalue weighted by Gasteiger charge is -2.14. The molecule has 1 aromatic heterocycles. The lowest BCUT2D eigenvalue weighted by molar-refractivity contribution is -0.122. The van der Waals surface area contributed by atoms with Crippen LogP contribution in [-0.4, -0.2) is 17.0 Å². The molecule has 1 unspecified atom stereocenters. The molecule has 0 fully saturated rings. The highest BCUT2D eigenvalue weighted by atomic mass is 32.1. The predicted octanol–water partition coefficient (Wildman–Crippen LogP) is 3.29. The quantitative estimate of drug-likeness (QED) is 0.918. The number of hydrogen-bond acceptors (Lipinski definition) is 5. The van der Waals surface area contributed by atoms with Crippen molar-refractivity contribution in [1.82, 2.24) is 4.98 Å². The van der Waals surface area contributed by atoms with Crippen molar-refractivity contribution in [3.8, 4) is 11.8 Å². The van der Waals surface area contributed by atoms with Gasteiger partial charge in [-0.05, 0) is 32.4 Å². The fourth-order valence-corrected chi connectivity index (χ4v) is 2.83. The molecule has 6 heteroatoms. The molecule has 0 aliphatic heterocycles. The maximum absolute atomic E-state index is 12.2. The van der Waals surface area contributed by atoms with Crippen LogP contribution in [0.3, 0.4) is 0 Å². The summed E-state index contributed by atoms with van der Waals surface area (Å²) in [5, 5.41) is 12.4. The molecule has 0 radical (unpaired) electrons. The molecule has 1 atom stereocenters. The Labute approximate surface area is 133 Å². The van der Waals surface area contributed by atoms with Gasteiger partial charge >= 0.3 is 0 Å². The standard InChI is InChI=1S/C16H17N3O2S/c1-4-13-11(3)22-16(18-13)19-15(20)10(2)21-14-8-6-5-7-12(14)9-17/h5-8,10H,4H2,1-3H3,(H,18,19,20). The smallest absolute Gasteiger partial charge is 0.266 e. The van der Waals surface area contributed by atoms with E-state index >= 15 is 0 Å². The molecule has 0 saturated carbocycles. The summed E-state index contributed by atoms with van der Waals surface area (Å²) in [5.41, 5.74) is 1.39. The van der Waals surface area contributed by atoms with Gasteiger partial charge < -0.3 is 4.74 Å². The van der Waals surface area contributed by atoms with E-state index < -0.39 is 6.10 Å². The van der Waals surface area contributed by atoms with E-state index in [0.717, 1.165) is 17.0 Å². The number of ether oxygens (including phenoxy) is 1. The summed E-state index contributed by atoms with van der Waals surface area (Å²) < 4.78 is 5.58. The van der Waals surface area contributed by atoms with Crippen LogP contribution in [0.15, 0.2) is 24.3 Å². The maximum Gasteiger partial charge on any atom is 0.266 e. The number of para-hydroxylation sites is 1. The van der Waals surface area contributed by atoms with Crippen molar-refractivity contribution in [3.05, 3.63) is 40.4 Å². The van der Waals surface area contributed by atoms with E-state index in [-0.39, 0.29) is 5.91 Å². The second-order valence-electron chi connectivity index (χ2n) is 4.73. The van der Waals surface area contributed by atoms with Gasteiger partial charge in [-0.1, -0.05) is 19.1 Å². The Morgan fingerprint density at radius 2 is 2.23 bits per heavy atom. The van der Waals surface area contributed by atoms with Gasteiger partial charge in [0.05, 0.1) is 11.3 Å². The van der Waals surface area contributed by atoms with Gasteiger partial charge in [-0.25, -0.2) is 4.98 Å². The van der Waals surface area contributed by atoms with Gasteiger partial charge in [0.1, 0.15) is 11.8 Å². The van der Waals surface area contributed by atoms with Crippen LogP contribution < -0.4 is 10.1 Å². The molecule has 0 bridgehead atoms. The van der Waals surface area contributed by atoms with Crippen molar-refractivity contribution in [2.24, 2.45) is 0 Å². The molecule has 2 aromatic rings. The SMILES string of the molecule is CCc1nc(NC(=O)C(C)Oc2ccccc2C#N)sc1C. The zero-order valence-corrected chi connectivity index (χ0v) is 13.5. The van der Waals surface area contributed by atoms with Crippen LogP contribution in [0.25, 0.3) is 0 Å². The third-order valence-corrected chi connectivity index (χ3v) is 4.07. The summed E-state index contributed by atoms with van der Waals surface area (Å²) in [6.07, 6.45) is 0.114. The van der Waals surface area contributed by atoms with Crippen LogP contribution in [0, 0.1) is 18.3 Å². The molecule has 2 rings (SSSR count). The minimum absolute atomic E-state index is 0.288. The van der Waals surface area contributed by atoms with E-state index in [1.165, 1.54) is 11.3 Å². The molecule has 1 amide bonds. The molecule has 0 saturated heterocycles. The van der Waals surface area contributed by atoms with Gasteiger partial charge in [0.2, 0.25) is 0 Å². The first-order valence-corrected chi connectivity index (χ1v) is 7.79. The van der Waals surface area contributed by atoms with Crippen molar-refractivity contribution in [3.63, 3.8) is 0 Å². The predicted molar refractivity (Wildman–Crippen MR) is 86.1 cm³/mol. The number of benzene rings is 1. The number of nitrogens with zero attached hydrogens (tertiary/aromatic N) is 2. The zero-order chi connectivity index (χ0) is 16.1. The fourth-order valence-electron chi connectivity index (χ4n) is 1.92. The highest BCUT2D eigenvalue weighted by Crippen LogP contribution is 2.23. The number of carbonyl (C=O) groups excluding carboxylic acids is 1.